The van der Waals surface area contributed by atoms with Crippen LogP contribution in [0.1, 0.15) is 28.6 Å². The van der Waals surface area contributed by atoms with Gasteiger partial charge >= 0.3 is 5.97 Å². The normalized spacial score (nSPS) is 11.6. The van der Waals surface area contributed by atoms with Gasteiger partial charge in [0.1, 0.15) is 0 Å². The quantitative estimate of drug-likeness (QED) is 0.304. The van der Waals surface area contributed by atoms with Gasteiger partial charge in [0, 0.05) is 27.7 Å². The highest BCUT2D eigenvalue weighted by molar-refractivity contribution is 7.99. The lowest BCUT2D eigenvalue weighted by Gasteiger charge is -2.18. The summed E-state index contributed by atoms with van der Waals surface area (Å²) in [5, 5.41) is 3.80. The Balaban J connectivity index is 1.71. The topological polar surface area (TPSA) is 81.2 Å². The van der Waals surface area contributed by atoms with Crippen LogP contribution >= 0.6 is 23.4 Å². The first-order chi connectivity index (χ1) is 14.8. The summed E-state index contributed by atoms with van der Waals surface area (Å²) in [7, 11) is 0. The predicted octanol–water partition coefficient (Wildman–Crippen LogP) is 5.07. The minimum Gasteiger partial charge on any atom is -0.447 e. The van der Waals surface area contributed by atoms with Gasteiger partial charge in [-0.15, -0.1) is 0 Å². The molecule has 0 radical (unpaired) electrons. The number of thioether (sulfide) groups is 1. The van der Waals surface area contributed by atoms with E-state index in [2.05, 4.69) is 15.3 Å². The zero-order valence-corrected chi connectivity index (χ0v) is 19.0. The van der Waals surface area contributed by atoms with E-state index in [0.29, 0.717) is 21.4 Å². The molecule has 8 heteroatoms. The fourth-order valence-electron chi connectivity index (χ4n) is 2.83. The second kappa shape index (κ2) is 10.4. The van der Waals surface area contributed by atoms with E-state index in [-0.39, 0.29) is 5.75 Å². The predicted molar refractivity (Wildman–Crippen MR) is 122 cm³/mol. The number of carbonyl (C=O) groups is 2. The third-order valence-corrected chi connectivity index (χ3v) is 5.54. The summed E-state index contributed by atoms with van der Waals surface area (Å²) in [6.45, 7) is 5.61. The number of hydrogen-bond donors (Lipinski definition) is 1. The van der Waals surface area contributed by atoms with Crippen LogP contribution in [-0.2, 0) is 14.3 Å². The largest absolute Gasteiger partial charge is 0.447 e. The molecule has 1 atom stereocenters. The van der Waals surface area contributed by atoms with Crippen LogP contribution in [0.3, 0.4) is 0 Å². The van der Waals surface area contributed by atoms with E-state index in [4.69, 9.17) is 16.3 Å². The maximum absolute atomic E-state index is 12.9. The van der Waals surface area contributed by atoms with Gasteiger partial charge in [-0.2, -0.15) is 0 Å². The van der Waals surface area contributed by atoms with Crippen LogP contribution in [0.2, 0.25) is 5.02 Å². The summed E-state index contributed by atoms with van der Waals surface area (Å²) in [5.74, 6) is -1.03. The molecule has 3 rings (SSSR count). The lowest BCUT2D eigenvalue weighted by molar-refractivity contribution is -0.152. The van der Waals surface area contributed by atoms with Crippen LogP contribution in [0.15, 0.2) is 59.8 Å². The molecule has 1 N–H and O–H groups in total. The van der Waals surface area contributed by atoms with Gasteiger partial charge in [-0.25, -0.2) is 9.97 Å². The van der Waals surface area contributed by atoms with E-state index in [1.165, 1.54) is 11.8 Å². The van der Waals surface area contributed by atoms with E-state index in [9.17, 15) is 9.59 Å². The molecule has 3 aromatic rings. The smallest absolute Gasteiger partial charge is 0.317 e. The molecule has 0 aliphatic rings. The van der Waals surface area contributed by atoms with Crippen molar-refractivity contribution in [3.05, 3.63) is 82.1 Å². The summed E-state index contributed by atoms with van der Waals surface area (Å²) in [5.41, 5.74) is 3.63. The summed E-state index contributed by atoms with van der Waals surface area (Å²) in [6.07, 6.45) is -1.10. The van der Waals surface area contributed by atoms with Gasteiger partial charge < -0.3 is 10.1 Å². The number of halogens is 1. The maximum atomic E-state index is 12.9. The van der Waals surface area contributed by atoms with E-state index in [1.54, 1.807) is 36.4 Å². The monoisotopic (exact) mass is 455 g/mol. The van der Waals surface area contributed by atoms with Crippen molar-refractivity contribution in [1.82, 2.24) is 9.97 Å². The first-order valence-electron chi connectivity index (χ1n) is 9.58. The molecule has 0 saturated carbocycles. The van der Waals surface area contributed by atoms with E-state index in [1.807, 2.05) is 39.0 Å². The first-order valence-corrected chi connectivity index (χ1v) is 10.9. The maximum Gasteiger partial charge on any atom is 0.317 e. The lowest BCUT2D eigenvalue weighted by Crippen LogP contribution is -2.26. The van der Waals surface area contributed by atoms with E-state index >= 15 is 0 Å². The number of ether oxygens (including phenoxy) is 1. The number of aromatic nitrogens is 2. The van der Waals surface area contributed by atoms with Crippen LogP contribution < -0.4 is 5.32 Å². The zero-order valence-electron chi connectivity index (χ0n) is 17.4. The lowest BCUT2D eigenvalue weighted by atomic mass is 10.1. The van der Waals surface area contributed by atoms with Gasteiger partial charge in [-0.1, -0.05) is 59.8 Å². The average molecular weight is 456 g/mol. The molecule has 31 heavy (non-hydrogen) atoms. The molecule has 0 saturated heterocycles. The molecule has 0 fully saturated rings. The summed E-state index contributed by atoms with van der Waals surface area (Å²) < 4.78 is 5.55. The van der Waals surface area contributed by atoms with Gasteiger partial charge in [0.15, 0.2) is 5.16 Å². The highest BCUT2D eigenvalue weighted by atomic mass is 35.5. The summed E-state index contributed by atoms with van der Waals surface area (Å²) >= 11 is 7.32. The van der Waals surface area contributed by atoms with Crippen LogP contribution in [0, 0.1) is 20.8 Å². The molecular weight excluding hydrogens is 434 g/mol. The number of nitrogens with one attached hydrogen (secondary N) is 1. The fourth-order valence-corrected chi connectivity index (χ4v) is 3.74. The molecule has 1 amide bonds. The number of esters is 1. The van der Waals surface area contributed by atoms with Gasteiger partial charge in [-0.05, 0) is 44.5 Å². The number of nitrogens with zero attached hydrogens (tertiary/aromatic N) is 2. The molecule has 0 bridgehead atoms. The molecule has 160 valence electrons. The van der Waals surface area contributed by atoms with Crippen molar-refractivity contribution in [2.24, 2.45) is 0 Å². The SMILES string of the molecule is Cc1cc(C)nc(SCC(=O)OC(C(=O)Nc2ccc(C)c(Cl)c2)c2ccccc2)n1. The van der Waals surface area contributed by atoms with Gasteiger partial charge in [0.25, 0.3) is 5.91 Å². The van der Waals surface area contributed by atoms with Crippen molar-refractivity contribution < 1.29 is 14.3 Å². The number of carbonyl (C=O) groups excluding carboxylic acids is 2. The van der Waals surface area contributed by atoms with Crippen LogP contribution in [0.5, 0.6) is 0 Å². The zero-order chi connectivity index (χ0) is 22.4. The highest BCUT2D eigenvalue weighted by Gasteiger charge is 2.25. The van der Waals surface area contributed by atoms with Crippen molar-refractivity contribution in [1.29, 1.82) is 0 Å². The Bertz CT molecular complexity index is 1070. The van der Waals surface area contributed by atoms with Gasteiger partial charge in [-0.3, -0.25) is 9.59 Å². The molecule has 0 aliphatic carbocycles. The Morgan fingerprint density at radius 1 is 1.03 bits per heavy atom. The number of aryl methyl sites for hydroxylation is 3. The standard InChI is InChI=1S/C23H22ClN3O3S/c1-14-9-10-18(12-19(14)24)27-22(29)21(17-7-5-4-6-8-17)30-20(28)13-31-23-25-15(2)11-16(3)26-23/h4-12,21H,13H2,1-3H3,(H,27,29). The van der Waals surface area contributed by atoms with Crippen molar-refractivity contribution in [2.75, 3.05) is 11.1 Å². The van der Waals surface area contributed by atoms with Crippen molar-refractivity contribution >= 4 is 40.9 Å². The van der Waals surface area contributed by atoms with Gasteiger partial charge in [0.2, 0.25) is 6.10 Å². The summed E-state index contributed by atoms with van der Waals surface area (Å²) in [4.78, 5) is 34.1. The molecule has 0 aliphatic heterocycles. The van der Waals surface area contributed by atoms with Crippen molar-refractivity contribution in [3.63, 3.8) is 0 Å². The van der Waals surface area contributed by atoms with Crippen molar-refractivity contribution in [2.45, 2.75) is 32.0 Å². The van der Waals surface area contributed by atoms with E-state index in [0.717, 1.165) is 17.0 Å². The molecular formula is C23H22ClN3O3S. The summed E-state index contributed by atoms with van der Waals surface area (Å²) in [6, 6.07) is 15.9. The fraction of sp³-hybridized carbons (Fsp3) is 0.217. The molecule has 1 heterocycles. The Hall–Kier alpha value is -2.90. The Kier molecular flexibility index (Phi) is 7.65. The van der Waals surface area contributed by atoms with Crippen molar-refractivity contribution in [3.8, 4) is 0 Å². The van der Waals surface area contributed by atoms with Crippen LogP contribution in [-0.4, -0.2) is 27.6 Å². The second-order valence-corrected chi connectivity index (χ2v) is 8.31. The molecule has 1 unspecified atom stereocenters. The Labute approximate surface area is 190 Å². The average Bonchev–Trinajstić information content (AvgIpc) is 2.73. The second-order valence-electron chi connectivity index (χ2n) is 6.96. The minimum atomic E-state index is -1.10. The molecule has 2 aromatic carbocycles. The number of rotatable bonds is 7. The van der Waals surface area contributed by atoms with Gasteiger partial charge in [0.05, 0.1) is 5.75 Å². The third kappa shape index (κ3) is 6.54. The molecule has 1 aromatic heterocycles. The van der Waals surface area contributed by atoms with Crippen LogP contribution in [0.25, 0.3) is 0 Å². The molecule has 6 nitrogen and oxygen atoms in total. The van der Waals surface area contributed by atoms with E-state index < -0.39 is 18.0 Å². The minimum absolute atomic E-state index is 0.0180. The van der Waals surface area contributed by atoms with Crippen LogP contribution in [0.4, 0.5) is 5.69 Å². The number of amides is 1. The Morgan fingerprint density at radius 3 is 2.35 bits per heavy atom. The third-order valence-electron chi connectivity index (χ3n) is 4.31. The first kappa shape index (κ1) is 22.8. The number of benzene rings is 2. The molecule has 0 spiro atoms. The number of hydrogen-bond acceptors (Lipinski definition) is 6. The Morgan fingerprint density at radius 2 is 1.71 bits per heavy atom. The highest BCUT2D eigenvalue weighted by Crippen LogP contribution is 2.24. The number of anilines is 1.